The van der Waals surface area contributed by atoms with Crippen LogP contribution in [0.1, 0.15) is 55.4 Å². The number of hydrogen-bond acceptors (Lipinski definition) is 4. The van der Waals surface area contributed by atoms with Crippen LogP contribution in [-0.4, -0.2) is 41.6 Å². The Hall–Kier alpha value is -3.67. The van der Waals surface area contributed by atoms with Gasteiger partial charge in [0.05, 0.1) is 0 Å². The Labute approximate surface area is 179 Å². The van der Waals surface area contributed by atoms with E-state index < -0.39 is 0 Å². The van der Waals surface area contributed by atoms with Crippen molar-refractivity contribution < 1.29 is 18.8 Å². The summed E-state index contributed by atoms with van der Waals surface area (Å²) in [6.45, 7) is 2.89. The van der Waals surface area contributed by atoms with Gasteiger partial charge in [-0.2, -0.15) is 0 Å². The summed E-state index contributed by atoms with van der Waals surface area (Å²) in [5.41, 5.74) is 3.60. The highest BCUT2D eigenvalue weighted by Crippen LogP contribution is 2.37. The zero-order chi connectivity index (χ0) is 21.5. The van der Waals surface area contributed by atoms with Crippen molar-refractivity contribution in [3.63, 3.8) is 0 Å². The summed E-state index contributed by atoms with van der Waals surface area (Å²) in [4.78, 5) is 39.8. The molecule has 0 spiro atoms. The van der Waals surface area contributed by atoms with Gasteiger partial charge in [0.15, 0.2) is 11.5 Å². The van der Waals surface area contributed by atoms with Crippen LogP contribution in [0.4, 0.5) is 0 Å². The second-order valence-electron chi connectivity index (χ2n) is 8.09. The largest absolute Gasteiger partial charge is 0.456 e. The molecular formula is C25H22N2O4. The van der Waals surface area contributed by atoms with E-state index in [4.69, 9.17) is 4.42 Å². The van der Waals surface area contributed by atoms with Crippen LogP contribution in [-0.2, 0) is 0 Å². The smallest absolute Gasteiger partial charge is 0.287 e. The number of ketones is 1. The molecule has 6 heteroatoms. The van der Waals surface area contributed by atoms with Gasteiger partial charge in [-0.25, -0.2) is 0 Å². The number of likely N-dealkylation sites (tertiary alicyclic amines) is 1. The molecule has 2 aliphatic rings. The molecule has 6 nitrogen and oxygen atoms in total. The summed E-state index contributed by atoms with van der Waals surface area (Å²) in [6.07, 6.45) is 1.35. The molecule has 0 unspecified atom stereocenters. The number of rotatable bonds is 3. The number of amides is 2. The van der Waals surface area contributed by atoms with Gasteiger partial charge >= 0.3 is 0 Å². The summed E-state index contributed by atoms with van der Waals surface area (Å²) >= 11 is 0. The molecule has 1 aliphatic heterocycles. The quantitative estimate of drug-likeness (QED) is 0.553. The molecule has 3 aromatic rings. The van der Waals surface area contributed by atoms with Crippen molar-refractivity contribution in [2.45, 2.75) is 25.8 Å². The summed E-state index contributed by atoms with van der Waals surface area (Å²) in [5, 5.41) is 2.98. The number of aryl methyl sites for hydroxylation is 1. The number of carbonyl (C=O) groups excluding carboxylic acids is 3. The Morgan fingerprint density at radius 1 is 0.935 bits per heavy atom. The molecule has 0 bridgehead atoms. The van der Waals surface area contributed by atoms with E-state index in [0.29, 0.717) is 54.1 Å². The molecule has 5 rings (SSSR count). The first-order valence-electron chi connectivity index (χ1n) is 10.5. The molecule has 2 heterocycles. The number of benzene rings is 2. The maximum absolute atomic E-state index is 13.0. The summed E-state index contributed by atoms with van der Waals surface area (Å²) in [6, 6.07) is 16.3. The van der Waals surface area contributed by atoms with Gasteiger partial charge < -0.3 is 14.6 Å². The van der Waals surface area contributed by atoms with Gasteiger partial charge in [0.25, 0.3) is 11.8 Å². The van der Waals surface area contributed by atoms with Crippen LogP contribution in [0.25, 0.3) is 11.1 Å². The predicted molar refractivity (Wildman–Crippen MR) is 115 cm³/mol. The number of carbonyl (C=O) groups is 3. The van der Waals surface area contributed by atoms with Gasteiger partial charge in [0.2, 0.25) is 0 Å². The highest BCUT2D eigenvalue weighted by Gasteiger charge is 2.29. The molecule has 1 aliphatic carbocycles. The van der Waals surface area contributed by atoms with Crippen molar-refractivity contribution >= 4 is 17.6 Å². The standard InChI is InChI=1S/C25H22N2O4/c1-15-6-9-22(31-15)24(29)26-17-10-12-27(13-11-17)25(30)16-7-8-19-18-4-2-3-5-20(18)23(28)21(19)14-16/h2-9,14,17H,10-13H2,1H3,(H,26,29). The minimum atomic E-state index is -0.227. The van der Waals surface area contributed by atoms with E-state index >= 15 is 0 Å². The third kappa shape index (κ3) is 3.44. The minimum absolute atomic E-state index is 0.00180. The Morgan fingerprint density at radius 3 is 2.35 bits per heavy atom. The van der Waals surface area contributed by atoms with E-state index in [1.807, 2.05) is 30.3 Å². The van der Waals surface area contributed by atoms with Gasteiger partial charge in [-0.3, -0.25) is 14.4 Å². The van der Waals surface area contributed by atoms with E-state index in [1.165, 1.54) is 0 Å². The SMILES string of the molecule is Cc1ccc(C(=O)NC2CCN(C(=O)c3ccc4c(c3)C(=O)c3ccccc3-4)CC2)o1. The van der Waals surface area contributed by atoms with Crippen LogP contribution in [0.15, 0.2) is 59.0 Å². The van der Waals surface area contributed by atoms with Gasteiger partial charge in [0.1, 0.15) is 5.76 Å². The Kier molecular flexibility index (Phi) is 4.70. The lowest BCUT2D eigenvalue weighted by Crippen LogP contribution is -2.46. The number of furan rings is 1. The predicted octanol–water partition coefficient (Wildman–Crippen LogP) is 3.83. The van der Waals surface area contributed by atoms with Crippen molar-refractivity contribution in [3.8, 4) is 11.1 Å². The van der Waals surface area contributed by atoms with E-state index in [1.54, 1.807) is 36.1 Å². The van der Waals surface area contributed by atoms with E-state index in [0.717, 1.165) is 11.1 Å². The zero-order valence-electron chi connectivity index (χ0n) is 17.2. The molecule has 0 atom stereocenters. The normalized spacial score (nSPS) is 15.5. The highest BCUT2D eigenvalue weighted by molar-refractivity contribution is 6.22. The number of hydrogen-bond donors (Lipinski definition) is 1. The van der Waals surface area contributed by atoms with Gasteiger partial charge in [0, 0.05) is 35.8 Å². The molecule has 0 radical (unpaired) electrons. The van der Waals surface area contributed by atoms with E-state index in [2.05, 4.69) is 5.32 Å². The Morgan fingerprint density at radius 2 is 1.65 bits per heavy atom. The second-order valence-corrected chi connectivity index (χ2v) is 8.09. The molecule has 31 heavy (non-hydrogen) atoms. The first-order valence-corrected chi connectivity index (χ1v) is 10.5. The molecule has 156 valence electrons. The number of nitrogens with zero attached hydrogens (tertiary/aromatic N) is 1. The minimum Gasteiger partial charge on any atom is -0.456 e. The number of fused-ring (bicyclic) bond motifs is 3. The van der Waals surface area contributed by atoms with Gasteiger partial charge in [-0.15, -0.1) is 0 Å². The molecule has 1 fully saturated rings. The van der Waals surface area contributed by atoms with Crippen molar-refractivity contribution in [2.75, 3.05) is 13.1 Å². The summed E-state index contributed by atoms with van der Waals surface area (Å²) in [5.74, 6) is 0.656. The van der Waals surface area contributed by atoms with Gasteiger partial charge in [-0.05, 0) is 55.2 Å². The fourth-order valence-electron chi connectivity index (χ4n) is 4.38. The molecular weight excluding hydrogens is 392 g/mol. The lowest BCUT2D eigenvalue weighted by atomic mass is 10.0. The first kappa shape index (κ1) is 19.3. The number of piperidine rings is 1. The van der Waals surface area contributed by atoms with Crippen molar-refractivity contribution in [1.82, 2.24) is 10.2 Å². The fourth-order valence-corrected chi connectivity index (χ4v) is 4.38. The maximum atomic E-state index is 13.0. The third-order valence-corrected chi connectivity index (χ3v) is 6.05. The van der Waals surface area contributed by atoms with Crippen LogP contribution in [0.5, 0.6) is 0 Å². The summed E-state index contributed by atoms with van der Waals surface area (Å²) < 4.78 is 5.37. The summed E-state index contributed by atoms with van der Waals surface area (Å²) in [7, 11) is 0. The monoisotopic (exact) mass is 414 g/mol. The second kappa shape index (κ2) is 7.54. The third-order valence-electron chi connectivity index (χ3n) is 6.05. The average molecular weight is 414 g/mol. The fraction of sp³-hybridized carbons (Fsp3) is 0.240. The van der Waals surface area contributed by atoms with Crippen LogP contribution in [0.3, 0.4) is 0 Å². The topological polar surface area (TPSA) is 79.6 Å². The van der Waals surface area contributed by atoms with Crippen LogP contribution < -0.4 is 5.32 Å². The maximum Gasteiger partial charge on any atom is 0.287 e. The van der Waals surface area contributed by atoms with Crippen LogP contribution in [0, 0.1) is 6.92 Å². The molecule has 2 aromatic carbocycles. The van der Waals surface area contributed by atoms with Crippen molar-refractivity contribution in [2.24, 2.45) is 0 Å². The lowest BCUT2D eigenvalue weighted by Gasteiger charge is -2.32. The molecule has 1 aromatic heterocycles. The lowest BCUT2D eigenvalue weighted by molar-refractivity contribution is 0.0695. The van der Waals surface area contributed by atoms with Crippen LogP contribution in [0.2, 0.25) is 0 Å². The molecule has 1 saturated heterocycles. The Bertz CT molecular complexity index is 1200. The Balaban J connectivity index is 1.24. The average Bonchev–Trinajstić information content (AvgIpc) is 3.35. The van der Waals surface area contributed by atoms with Crippen molar-refractivity contribution in [1.29, 1.82) is 0 Å². The van der Waals surface area contributed by atoms with Gasteiger partial charge in [-0.1, -0.05) is 30.3 Å². The van der Waals surface area contributed by atoms with E-state index in [-0.39, 0.29) is 23.6 Å². The van der Waals surface area contributed by atoms with E-state index in [9.17, 15) is 14.4 Å². The molecule has 1 N–H and O–H groups in total. The van der Waals surface area contributed by atoms with Crippen LogP contribution >= 0.6 is 0 Å². The number of nitrogens with one attached hydrogen (secondary N) is 1. The first-order chi connectivity index (χ1) is 15.0. The zero-order valence-corrected chi connectivity index (χ0v) is 17.2. The molecule has 2 amide bonds. The highest BCUT2D eigenvalue weighted by atomic mass is 16.3. The molecule has 0 saturated carbocycles. The van der Waals surface area contributed by atoms with Crippen molar-refractivity contribution in [3.05, 3.63) is 82.8 Å².